The smallest absolute Gasteiger partial charge is 0.00316 e. The fourth-order valence-electron chi connectivity index (χ4n) is 1.08. The predicted octanol–water partition coefficient (Wildman–Crippen LogP) is 3.30. The highest BCUT2D eigenvalue weighted by Crippen LogP contribution is 2.40. The first-order valence-electron chi connectivity index (χ1n) is 4.16. The molecule has 1 radical (unpaired) electrons. The zero-order chi connectivity index (χ0) is 7.52. The van der Waals surface area contributed by atoms with Crippen LogP contribution in [-0.4, -0.2) is 5.66 Å². The van der Waals surface area contributed by atoms with Crippen LogP contribution in [0.4, 0.5) is 0 Å². The van der Waals surface area contributed by atoms with E-state index in [0.29, 0.717) is 0 Å². The lowest BCUT2D eigenvalue weighted by Crippen LogP contribution is -1.77. The van der Waals surface area contributed by atoms with Crippen molar-refractivity contribution >= 4 is 8.58 Å². The lowest BCUT2D eigenvalue weighted by atomic mass is 10.2. The summed E-state index contributed by atoms with van der Waals surface area (Å²) in [6.45, 7) is 0. The summed E-state index contributed by atoms with van der Waals surface area (Å²) < 4.78 is 0. The van der Waals surface area contributed by atoms with Gasteiger partial charge in [-0.2, -0.15) is 0 Å². The van der Waals surface area contributed by atoms with Crippen LogP contribution in [0, 0.1) is 0 Å². The summed E-state index contributed by atoms with van der Waals surface area (Å²) in [7, 11) is 1.64. The second-order valence-electron chi connectivity index (χ2n) is 3.06. The van der Waals surface area contributed by atoms with Gasteiger partial charge in [0.2, 0.25) is 0 Å². The van der Waals surface area contributed by atoms with E-state index in [1.807, 2.05) is 0 Å². The lowest BCUT2D eigenvalue weighted by molar-refractivity contribution is 1.37. The van der Waals surface area contributed by atoms with E-state index in [4.69, 9.17) is 0 Å². The molecule has 0 N–H and O–H groups in total. The monoisotopic (exact) mass is 163 g/mol. The van der Waals surface area contributed by atoms with Crippen LogP contribution in [0.1, 0.15) is 18.4 Å². The molecule has 11 heavy (non-hydrogen) atoms. The molecular weight excluding hydrogens is 151 g/mol. The maximum Gasteiger partial charge on any atom is -0.00316 e. The summed E-state index contributed by atoms with van der Waals surface area (Å²) in [5.74, 6) is 0. The van der Waals surface area contributed by atoms with E-state index >= 15 is 0 Å². The molecule has 0 bridgehead atoms. The highest BCUT2D eigenvalue weighted by Gasteiger charge is 2.20. The molecule has 1 aliphatic rings. The number of rotatable bonds is 3. The fourth-order valence-corrected chi connectivity index (χ4v) is 2.27. The Bertz CT molecular complexity index is 214. The molecule has 0 aliphatic heterocycles. The molecule has 1 saturated carbocycles. The molecule has 0 spiro atoms. The Morgan fingerprint density at radius 3 is 2.55 bits per heavy atom. The fraction of sp³-hybridized carbons (Fsp3) is 0.400. The van der Waals surface area contributed by atoms with Crippen molar-refractivity contribution in [3.63, 3.8) is 0 Å². The van der Waals surface area contributed by atoms with Gasteiger partial charge in [0.05, 0.1) is 0 Å². The number of hydrogen-bond acceptors (Lipinski definition) is 0. The molecule has 0 amide bonds. The van der Waals surface area contributed by atoms with E-state index in [2.05, 4.69) is 30.3 Å². The average molecular weight is 163 g/mol. The zero-order valence-electron chi connectivity index (χ0n) is 6.53. The molecule has 0 nitrogen and oxygen atoms in total. The molecule has 0 unspecified atom stereocenters. The van der Waals surface area contributed by atoms with Crippen molar-refractivity contribution in [3.8, 4) is 0 Å². The van der Waals surface area contributed by atoms with Crippen molar-refractivity contribution in [3.05, 3.63) is 35.9 Å². The third-order valence-electron chi connectivity index (χ3n) is 1.92. The van der Waals surface area contributed by atoms with Crippen molar-refractivity contribution in [2.24, 2.45) is 0 Å². The largest absolute Gasteiger partial charge is 0.0727 e. The summed E-state index contributed by atoms with van der Waals surface area (Å²) in [6.07, 6.45) is 4.19. The maximum absolute atomic E-state index is 2.22. The van der Waals surface area contributed by atoms with Gasteiger partial charge in [-0.25, -0.2) is 0 Å². The molecule has 2 rings (SSSR count). The molecule has 1 aromatic rings. The topological polar surface area (TPSA) is 0 Å². The molecule has 0 saturated heterocycles. The van der Waals surface area contributed by atoms with Crippen molar-refractivity contribution in [1.82, 2.24) is 0 Å². The highest BCUT2D eigenvalue weighted by molar-refractivity contribution is 7.38. The Balaban J connectivity index is 1.85. The Morgan fingerprint density at radius 2 is 1.91 bits per heavy atom. The van der Waals surface area contributed by atoms with Crippen LogP contribution >= 0.6 is 8.58 Å². The lowest BCUT2D eigenvalue weighted by Gasteiger charge is -1.97. The Hall–Kier alpha value is -0.350. The maximum atomic E-state index is 2.22. The van der Waals surface area contributed by atoms with Crippen molar-refractivity contribution in [2.45, 2.75) is 24.7 Å². The standard InChI is InChI=1S/C10H12P/c1-2-4-9(5-3-1)8-11-10-6-7-10/h1-5,10H,6-8H2. The van der Waals surface area contributed by atoms with Gasteiger partial charge in [-0.15, -0.1) is 0 Å². The summed E-state index contributed by atoms with van der Waals surface area (Å²) in [5.41, 5.74) is 2.52. The van der Waals surface area contributed by atoms with Crippen LogP contribution in [-0.2, 0) is 6.16 Å². The summed E-state index contributed by atoms with van der Waals surface area (Å²) >= 11 is 0. The first-order valence-corrected chi connectivity index (χ1v) is 5.30. The zero-order valence-corrected chi connectivity index (χ0v) is 7.43. The summed E-state index contributed by atoms with van der Waals surface area (Å²) in [5, 5.41) is 0. The molecule has 1 aromatic carbocycles. The van der Waals surface area contributed by atoms with Crippen molar-refractivity contribution in [1.29, 1.82) is 0 Å². The van der Waals surface area contributed by atoms with E-state index in [0.717, 1.165) is 5.66 Å². The SMILES string of the molecule is c1ccc(C[P]C2CC2)cc1. The second kappa shape index (κ2) is 3.36. The molecule has 57 valence electrons. The van der Waals surface area contributed by atoms with Gasteiger partial charge in [-0.1, -0.05) is 38.9 Å². The summed E-state index contributed by atoms with van der Waals surface area (Å²) in [4.78, 5) is 0. The van der Waals surface area contributed by atoms with Gasteiger partial charge in [0.1, 0.15) is 0 Å². The van der Waals surface area contributed by atoms with Gasteiger partial charge >= 0.3 is 0 Å². The molecule has 0 aromatic heterocycles. The second-order valence-corrected chi connectivity index (χ2v) is 4.47. The highest BCUT2D eigenvalue weighted by atomic mass is 31.1. The van der Waals surface area contributed by atoms with E-state index in [1.54, 1.807) is 8.58 Å². The minimum atomic E-state index is 1.04. The number of benzene rings is 1. The van der Waals surface area contributed by atoms with E-state index in [9.17, 15) is 0 Å². The summed E-state index contributed by atoms with van der Waals surface area (Å²) in [6, 6.07) is 10.8. The van der Waals surface area contributed by atoms with Crippen LogP contribution in [0.2, 0.25) is 0 Å². The van der Waals surface area contributed by atoms with Gasteiger partial charge in [-0.3, -0.25) is 0 Å². The normalized spacial score (nSPS) is 17.8. The van der Waals surface area contributed by atoms with E-state index < -0.39 is 0 Å². The molecule has 1 heteroatoms. The first-order chi connectivity index (χ1) is 5.45. The van der Waals surface area contributed by atoms with E-state index in [1.165, 1.54) is 24.6 Å². The van der Waals surface area contributed by atoms with Crippen LogP contribution in [0.5, 0.6) is 0 Å². The van der Waals surface area contributed by atoms with Crippen LogP contribution in [0.3, 0.4) is 0 Å². The van der Waals surface area contributed by atoms with E-state index in [-0.39, 0.29) is 0 Å². The first kappa shape index (κ1) is 7.31. The van der Waals surface area contributed by atoms with Crippen LogP contribution in [0.15, 0.2) is 30.3 Å². The third kappa shape index (κ3) is 2.31. The minimum absolute atomic E-state index is 1.04. The van der Waals surface area contributed by atoms with Crippen molar-refractivity contribution < 1.29 is 0 Å². The van der Waals surface area contributed by atoms with Gasteiger partial charge in [0, 0.05) is 0 Å². The number of hydrogen-bond donors (Lipinski definition) is 0. The van der Waals surface area contributed by atoms with Crippen molar-refractivity contribution in [2.75, 3.05) is 0 Å². The Kier molecular flexibility index (Phi) is 2.23. The van der Waals surface area contributed by atoms with Gasteiger partial charge in [-0.05, 0) is 30.2 Å². The van der Waals surface area contributed by atoms with Gasteiger partial charge < -0.3 is 0 Å². The molecular formula is C10H12P. The van der Waals surface area contributed by atoms with Crippen LogP contribution < -0.4 is 0 Å². The quantitative estimate of drug-likeness (QED) is 0.600. The van der Waals surface area contributed by atoms with Gasteiger partial charge in [0.15, 0.2) is 0 Å². The Labute approximate surface area is 69.8 Å². The average Bonchev–Trinajstić information content (AvgIpc) is 2.86. The molecule has 0 heterocycles. The predicted molar refractivity (Wildman–Crippen MR) is 50.1 cm³/mol. The molecule has 0 atom stereocenters. The van der Waals surface area contributed by atoms with Crippen LogP contribution in [0.25, 0.3) is 0 Å². The Morgan fingerprint density at radius 1 is 1.18 bits per heavy atom. The minimum Gasteiger partial charge on any atom is -0.0727 e. The molecule has 1 aliphatic carbocycles. The molecule has 1 fully saturated rings. The third-order valence-corrected chi connectivity index (χ3v) is 3.50. The van der Waals surface area contributed by atoms with Gasteiger partial charge in [0.25, 0.3) is 0 Å².